The summed E-state index contributed by atoms with van der Waals surface area (Å²) in [5.41, 5.74) is 6.34. The van der Waals surface area contributed by atoms with Crippen LogP contribution in [-0.4, -0.2) is 16.2 Å². The summed E-state index contributed by atoms with van der Waals surface area (Å²) >= 11 is 5.83. The van der Waals surface area contributed by atoms with Crippen molar-refractivity contribution in [2.75, 3.05) is 0 Å². The van der Waals surface area contributed by atoms with Gasteiger partial charge in [0.25, 0.3) is 0 Å². The maximum atomic E-state index is 9.19. The van der Waals surface area contributed by atoms with Gasteiger partial charge in [0.2, 0.25) is 0 Å². The molecule has 0 fully saturated rings. The lowest BCUT2D eigenvalue weighted by atomic mass is 10.1. The second kappa shape index (κ2) is 3.85. The Bertz CT molecular complexity index is 265. The van der Waals surface area contributed by atoms with Crippen LogP contribution in [0.1, 0.15) is 18.5 Å². The first-order valence-electron chi connectivity index (χ1n) is 3.66. The van der Waals surface area contributed by atoms with Crippen molar-refractivity contribution in [3.8, 4) is 0 Å². The third-order valence-electron chi connectivity index (χ3n) is 1.68. The second-order valence-corrected chi connectivity index (χ2v) is 3.07. The number of pyridine rings is 1. The topological polar surface area (TPSA) is 59.1 Å². The smallest absolute Gasteiger partial charge is 0.0705 e. The summed E-state index contributed by atoms with van der Waals surface area (Å²) in [6.07, 6.45) is 2.53. The van der Waals surface area contributed by atoms with E-state index in [1.54, 1.807) is 25.4 Å². The molecule has 0 amide bonds. The molecule has 1 heterocycles. The number of nitrogens with two attached hydrogens (primary N) is 1. The number of rotatable bonds is 2. The predicted octanol–water partition coefficient (Wildman–Crippen LogP) is 1.12. The maximum absolute atomic E-state index is 9.19. The van der Waals surface area contributed by atoms with Crippen LogP contribution in [0.5, 0.6) is 0 Å². The van der Waals surface area contributed by atoms with Crippen LogP contribution in [0.25, 0.3) is 0 Å². The fraction of sp³-hybridized carbons (Fsp3) is 0.375. The van der Waals surface area contributed by atoms with Crippen LogP contribution in [0, 0.1) is 0 Å². The van der Waals surface area contributed by atoms with Crippen molar-refractivity contribution in [1.29, 1.82) is 0 Å². The lowest BCUT2D eigenvalue weighted by molar-refractivity contribution is 0.164. The molecule has 1 rings (SSSR count). The molecule has 0 aromatic carbocycles. The van der Waals surface area contributed by atoms with E-state index in [-0.39, 0.29) is 0 Å². The summed E-state index contributed by atoms with van der Waals surface area (Å²) in [4.78, 5) is 3.87. The molecule has 3 N–H and O–H groups in total. The van der Waals surface area contributed by atoms with Gasteiger partial charge in [-0.25, -0.2) is 0 Å². The van der Waals surface area contributed by atoms with E-state index in [2.05, 4.69) is 4.98 Å². The molecule has 0 bridgehead atoms. The van der Waals surface area contributed by atoms with Gasteiger partial charge in [0, 0.05) is 23.0 Å². The van der Waals surface area contributed by atoms with Gasteiger partial charge in [-0.1, -0.05) is 11.6 Å². The standard InChI is InChI=1S/C8H11ClN2O/c1-5(12)8(10)6-4-11-3-2-7(6)9/h2-5,8,12H,10H2,1H3/t5-,8-/m0/s1. The Morgan fingerprint density at radius 2 is 2.33 bits per heavy atom. The summed E-state index contributed by atoms with van der Waals surface area (Å²) in [7, 11) is 0. The molecule has 4 heteroatoms. The summed E-state index contributed by atoms with van der Waals surface area (Å²) in [5.74, 6) is 0. The second-order valence-electron chi connectivity index (χ2n) is 2.66. The number of halogens is 1. The molecule has 0 aliphatic heterocycles. The van der Waals surface area contributed by atoms with Crippen LogP contribution in [0.3, 0.4) is 0 Å². The summed E-state index contributed by atoms with van der Waals surface area (Å²) in [6, 6.07) is 1.19. The summed E-state index contributed by atoms with van der Waals surface area (Å²) in [5, 5.41) is 9.73. The molecule has 66 valence electrons. The Morgan fingerprint density at radius 1 is 1.67 bits per heavy atom. The quantitative estimate of drug-likeness (QED) is 0.728. The third kappa shape index (κ3) is 1.94. The number of aliphatic hydroxyl groups is 1. The monoisotopic (exact) mass is 186 g/mol. The minimum atomic E-state index is -0.619. The molecule has 0 saturated carbocycles. The van der Waals surface area contributed by atoms with Gasteiger partial charge in [-0.05, 0) is 13.0 Å². The zero-order valence-electron chi connectivity index (χ0n) is 6.74. The predicted molar refractivity (Wildman–Crippen MR) is 47.9 cm³/mol. The van der Waals surface area contributed by atoms with Crippen LogP contribution >= 0.6 is 11.6 Å². The lowest BCUT2D eigenvalue weighted by Gasteiger charge is -2.15. The molecule has 0 radical (unpaired) electrons. The van der Waals surface area contributed by atoms with Crippen LogP contribution in [-0.2, 0) is 0 Å². The zero-order valence-corrected chi connectivity index (χ0v) is 7.49. The third-order valence-corrected chi connectivity index (χ3v) is 2.02. The Kier molecular flexibility index (Phi) is 3.03. The van der Waals surface area contributed by atoms with Gasteiger partial charge >= 0.3 is 0 Å². The van der Waals surface area contributed by atoms with Crippen LogP contribution in [0.2, 0.25) is 5.02 Å². The molecule has 2 atom stereocenters. The first-order valence-corrected chi connectivity index (χ1v) is 4.03. The lowest BCUT2D eigenvalue weighted by Crippen LogP contribution is -2.23. The van der Waals surface area contributed by atoms with E-state index in [0.29, 0.717) is 10.6 Å². The average molecular weight is 187 g/mol. The SMILES string of the molecule is C[C@H](O)[C@H](N)c1cnccc1Cl. The Balaban J connectivity index is 2.94. The van der Waals surface area contributed by atoms with Crippen molar-refractivity contribution < 1.29 is 5.11 Å². The van der Waals surface area contributed by atoms with Crippen molar-refractivity contribution in [3.63, 3.8) is 0 Å². The van der Waals surface area contributed by atoms with E-state index in [1.807, 2.05) is 0 Å². The highest BCUT2D eigenvalue weighted by atomic mass is 35.5. The molecular formula is C8H11ClN2O. The van der Waals surface area contributed by atoms with Crippen molar-refractivity contribution >= 4 is 11.6 Å². The van der Waals surface area contributed by atoms with Crippen LogP contribution in [0.15, 0.2) is 18.5 Å². The largest absolute Gasteiger partial charge is 0.391 e. The van der Waals surface area contributed by atoms with Gasteiger partial charge < -0.3 is 10.8 Å². The van der Waals surface area contributed by atoms with Crippen molar-refractivity contribution in [1.82, 2.24) is 4.98 Å². The fourth-order valence-electron chi connectivity index (χ4n) is 0.895. The molecule has 12 heavy (non-hydrogen) atoms. The van der Waals surface area contributed by atoms with Gasteiger partial charge in [-0.3, -0.25) is 4.98 Å². The molecular weight excluding hydrogens is 176 g/mol. The van der Waals surface area contributed by atoms with Gasteiger partial charge in [0.15, 0.2) is 0 Å². The van der Waals surface area contributed by atoms with E-state index in [0.717, 1.165) is 0 Å². The van der Waals surface area contributed by atoms with Crippen LogP contribution < -0.4 is 5.73 Å². The number of aliphatic hydroxyl groups excluding tert-OH is 1. The first-order chi connectivity index (χ1) is 5.63. The highest BCUT2D eigenvalue weighted by Gasteiger charge is 2.14. The minimum Gasteiger partial charge on any atom is -0.391 e. The van der Waals surface area contributed by atoms with E-state index in [4.69, 9.17) is 17.3 Å². The molecule has 0 spiro atoms. The van der Waals surface area contributed by atoms with Crippen molar-refractivity contribution in [2.45, 2.75) is 19.1 Å². The number of hydrogen-bond acceptors (Lipinski definition) is 3. The molecule has 1 aromatic heterocycles. The number of hydrogen-bond donors (Lipinski definition) is 2. The van der Waals surface area contributed by atoms with Gasteiger partial charge in [0.05, 0.1) is 12.1 Å². The highest BCUT2D eigenvalue weighted by molar-refractivity contribution is 6.31. The molecule has 0 aliphatic rings. The fourth-order valence-corrected chi connectivity index (χ4v) is 1.13. The molecule has 0 aliphatic carbocycles. The Hall–Kier alpha value is -0.640. The minimum absolute atomic E-state index is 0.466. The van der Waals surface area contributed by atoms with Gasteiger partial charge in [-0.15, -0.1) is 0 Å². The van der Waals surface area contributed by atoms with Crippen molar-refractivity contribution in [2.24, 2.45) is 5.73 Å². The molecule has 0 saturated heterocycles. The number of aromatic nitrogens is 1. The normalized spacial score (nSPS) is 15.7. The van der Waals surface area contributed by atoms with E-state index in [9.17, 15) is 5.11 Å². The Morgan fingerprint density at radius 3 is 2.83 bits per heavy atom. The maximum Gasteiger partial charge on any atom is 0.0705 e. The van der Waals surface area contributed by atoms with Gasteiger partial charge in [-0.2, -0.15) is 0 Å². The van der Waals surface area contributed by atoms with E-state index in [1.165, 1.54) is 0 Å². The molecule has 3 nitrogen and oxygen atoms in total. The highest BCUT2D eigenvalue weighted by Crippen LogP contribution is 2.21. The zero-order chi connectivity index (χ0) is 9.14. The van der Waals surface area contributed by atoms with E-state index < -0.39 is 12.1 Å². The summed E-state index contributed by atoms with van der Waals surface area (Å²) < 4.78 is 0. The van der Waals surface area contributed by atoms with Gasteiger partial charge in [0.1, 0.15) is 0 Å². The van der Waals surface area contributed by atoms with Crippen LogP contribution in [0.4, 0.5) is 0 Å². The summed E-state index contributed by atoms with van der Waals surface area (Å²) in [6.45, 7) is 1.62. The molecule has 1 aromatic rings. The first kappa shape index (κ1) is 9.45. The number of nitrogens with zero attached hydrogens (tertiary/aromatic N) is 1. The average Bonchev–Trinajstić information content (AvgIpc) is 2.04. The molecule has 0 unspecified atom stereocenters. The van der Waals surface area contributed by atoms with Crippen molar-refractivity contribution in [3.05, 3.63) is 29.0 Å². The van der Waals surface area contributed by atoms with E-state index >= 15 is 0 Å². The Labute approximate surface area is 76.2 Å².